The zero-order chi connectivity index (χ0) is 20.4. The fourth-order valence-corrected chi connectivity index (χ4v) is 3.29. The molecule has 28 heavy (non-hydrogen) atoms. The Labute approximate surface area is 177 Å². The monoisotopic (exact) mass is 440 g/mol. The highest BCUT2D eigenvalue weighted by Gasteiger charge is 2.17. The molecule has 148 valence electrons. The molecule has 0 saturated heterocycles. The molecule has 0 bridgehead atoms. The van der Waals surface area contributed by atoms with E-state index in [2.05, 4.69) is 20.4 Å². The molecule has 0 spiro atoms. The highest BCUT2D eigenvalue weighted by Crippen LogP contribution is 2.26. The van der Waals surface area contributed by atoms with Crippen molar-refractivity contribution < 1.29 is 0 Å². The summed E-state index contributed by atoms with van der Waals surface area (Å²) >= 11 is 18.2. The zero-order valence-corrected chi connectivity index (χ0v) is 17.8. The molecule has 0 amide bonds. The van der Waals surface area contributed by atoms with Crippen LogP contribution in [0.5, 0.6) is 0 Å². The Morgan fingerprint density at radius 1 is 1.14 bits per heavy atom. The molecule has 3 rings (SSSR count). The quantitative estimate of drug-likeness (QED) is 0.632. The minimum absolute atomic E-state index is 0.0831. The number of nitrogens with zero attached hydrogens (tertiary/aromatic N) is 5. The Hall–Kier alpha value is -2.06. The molecule has 1 N–H and O–H groups in total. The van der Waals surface area contributed by atoms with Crippen LogP contribution in [0.15, 0.2) is 41.6 Å². The van der Waals surface area contributed by atoms with Crippen molar-refractivity contribution in [2.75, 3.05) is 26.0 Å². The van der Waals surface area contributed by atoms with Crippen LogP contribution in [0.25, 0.3) is 5.69 Å². The average Bonchev–Trinajstić information content (AvgIpc) is 3.07. The lowest BCUT2D eigenvalue weighted by atomic mass is 10.1. The first-order chi connectivity index (χ1) is 13.3. The summed E-state index contributed by atoms with van der Waals surface area (Å²) in [6, 6.07) is 5.30. The maximum atomic E-state index is 12.2. The molecule has 3 aromatic rings. The van der Waals surface area contributed by atoms with Gasteiger partial charge in [-0.25, -0.2) is 0 Å². The fourth-order valence-electron chi connectivity index (χ4n) is 2.79. The van der Waals surface area contributed by atoms with Gasteiger partial charge in [0.05, 0.1) is 39.9 Å². The molecule has 1 atom stereocenters. The number of likely N-dealkylation sites (N-methyl/N-ethyl adjacent to an activating group) is 1. The second kappa shape index (κ2) is 8.53. The van der Waals surface area contributed by atoms with Gasteiger partial charge in [-0.1, -0.05) is 34.8 Å². The molecule has 2 aromatic heterocycles. The van der Waals surface area contributed by atoms with Crippen LogP contribution in [-0.4, -0.2) is 45.1 Å². The third-order valence-corrected chi connectivity index (χ3v) is 5.35. The largest absolute Gasteiger partial charge is 0.382 e. The van der Waals surface area contributed by atoms with Crippen LogP contribution in [0, 0.1) is 0 Å². The Bertz CT molecular complexity index is 1050. The van der Waals surface area contributed by atoms with Crippen LogP contribution in [-0.2, 0) is 7.05 Å². The van der Waals surface area contributed by atoms with E-state index >= 15 is 0 Å². The maximum absolute atomic E-state index is 12.2. The fraction of sp³-hybridized carbons (Fsp3) is 0.278. The molecule has 0 aliphatic rings. The lowest BCUT2D eigenvalue weighted by Gasteiger charge is -2.24. The van der Waals surface area contributed by atoms with Gasteiger partial charge in [0, 0.05) is 25.4 Å². The number of rotatable bonds is 6. The molecule has 10 heteroatoms. The van der Waals surface area contributed by atoms with E-state index in [-0.39, 0.29) is 16.1 Å². The summed E-state index contributed by atoms with van der Waals surface area (Å²) in [5.74, 6) is 0. The summed E-state index contributed by atoms with van der Waals surface area (Å²) in [5, 5.41) is 12.1. The summed E-state index contributed by atoms with van der Waals surface area (Å²) in [7, 11) is 5.90. The van der Waals surface area contributed by atoms with Gasteiger partial charge in [-0.15, -0.1) is 0 Å². The zero-order valence-electron chi connectivity index (χ0n) is 15.5. The summed E-state index contributed by atoms with van der Waals surface area (Å²) in [4.78, 5) is 14.3. The number of aromatic nitrogens is 4. The molecule has 1 aromatic carbocycles. The predicted molar refractivity (Wildman–Crippen MR) is 113 cm³/mol. The molecule has 0 radical (unpaired) electrons. The second-order valence-electron chi connectivity index (χ2n) is 6.50. The molecule has 2 heterocycles. The van der Waals surface area contributed by atoms with Gasteiger partial charge < -0.3 is 10.2 Å². The maximum Gasteiger partial charge on any atom is 0.291 e. The van der Waals surface area contributed by atoms with Crippen molar-refractivity contribution in [2.45, 2.75) is 6.04 Å². The highest BCUT2D eigenvalue weighted by molar-refractivity contribution is 6.41. The first-order valence-electron chi connectivity index (χ1n) is 8.40. The number of benzene rings is 1. The lowest BCUT2D eigenvalue weighted by molar-refractivity contribution is 0.311. The van der Waals surface area contributed by atoms with Gasteiger partial charge in [-0.05, 0) is 32.3 Å². The SMILES string of the molecule is CN(C)C(CNc1ccc(-n2ncc(Cl)c(Cl)c2=O)cc1Cl)c1cnn(C)c1. The molecular formula is C18H19Cl3N6O. The number of nitrogens with one attached hydrogen (secondary N) is 1. The van der Waals surface area contributed by atoms with Gasteiger partial charge in [0.2, 0.25) is 0 Å². The molecule has 0 aliphatic carbocycles. The minimum atomic E-state index is -0.504. The number of halogens is 3. The van der Waals surface area contributed by atoms with Crippen molar-refractivity contribution in [3.63, 3.8) is 0 Å². The standard InChI is InChI=1S/C18H19Cl3N6O/c1-25(2)16(11-7-23-26(3)10-11)9-22-15-5-4-12(6-13(15)19)27-18(28)17(21)14(20)8-24-27/h4-8,10,16,22H,9H2,1-3H3. The predicted octanol–water partition coefficient (Wildman–Crippen LogP) is 3.64. The smallest absolute Gasteiger partial charge is 0.291 e. The number of aryl methyl sites for hydroxylation is 1. The highest BCUT2D eigenvalue weighted by atomic mass is 35.5. The first-order valence-corrected chi connectivity index (χ1v) is 9.53. The molecule has 0 fully saturated rings. The van der Waals surface area contributed by atoms with E-state index in [4.69, 9.17) is 34.8 Å². The second-order valence-corrected chi connectivity index (χ2v) is 7.69. The molecule has 0 aliphatic heterocycles. The summed E-state index contributed by atoms with van der Waals surface area (Å²) in [6.07, 6.45) is 5.15. The van der Waals surface area contributed by atoms with Gasteiger partial charge in [0.15, 0.2) is 0 Å². The normalized spacial score (nSPS) is 12.4. The number of hydrogen-bond acceptors (Lipinski definition) is 5. The van der Waals surface area contributed by atoms with Crippen molar-refractivity contribution in [1.29, 1.82) is 0 Å². The molecule has 7 nitrogen and oxygen atoms in total. The Balaban J connectivity index is 1.81. The van der Waals surface area contributed by atoms with Crippen molar-refractivity contribution in [1.82, 2.24) is 24.5 Å². The molecule has 0 saturated carbocycles. The van der Waals surface area contributed by atoms with Crippen molar-refractivity contribution in [3.05, 3.63) is 67.8 Å². The number of anilines is 1. The topological polar surface area (TPSA) is 68.0 Å². The van der Waals surface area contributed by atoms with Crippen molar-refractivity contribution in [2.24, 2.45) is 7.05 Å². The average molecular weight is 442 g/mol. The molecular weight excluding hydrogens is 423 g/mol. The van der Waals surface area contributed by atoms with Crippen molar-refractivity contribution in [3.8, 4) is 5.69 Å². The summed E-state index contributed by atoms with van der Waals surface area (Å²) < 4.78 is 2.93. The van der Waals surface area contributed by atoms with E-state index < -0.39 is 5.56 Å². The van der Waals surface area contributed by atoms with Gasteiger partial charge >= 0.3 is 0 Å². The van der Waals surface area contributed by atoms with Gasteiger partial charge in [0.1, 0.15) is 5.02 Å². The van der Waals surface area contributed by atoms with Gasteiger partial charge in [-0.2, -0.15) is 14.9 Å². The Kier molecular flexibility index (Phi) is 6.30. The van der Waals surface area contributed by atoms with E-state index in [1.54, 1.807) is 22.9 Å². The van der Waals surface area contributed by atoms with Crippen LogP contribution < -0.4 is 10.9 Å². The lowest BCUT2D eigenvalue weighted by Crippen LogP contribution is -2.26. The van der Waals surface area contributed by atoms with Crippen LogP contribution in [0.2, 0.25) is 15.1 Å². The van der Waals surface area contributed by atoms with Crippen LogP contribution in [0.3, 0.4) is 0 Å². The first kappa shape index (κ1) is 20.7. The van der Waals surface area contributed by atoms with Gasteiger partial charge in [0.25, 0.3) is 5.56 Å². The van der Waals surface area contributed by atoms with E-state index in [9.17, 15) is 4.79 Å². The number of hydrogen-bond donors (Lipinski definition) is 1. The van der Waals surface area contributed by atoms with Crippen LogP contribution >= 0.6 is 34.8 Å². The van der Waals surface area contributed by atoms with Gasteiger partial charge in [-0.3, -0.25) is 9.48 Å². The van der Waals surface area contributed by atoms with E-state index in [1.165, 1.54) is 6.20 Å². The Morgan fingerprint density at radius 3 is 2.50 bits per heavy atom. The Morgan fingerprint density at radius 2 is 1.89 bits per heavy atom. The molecule has 1 unspecified atom stereocenters. The summed E-state index contributed by atoms with van der Waals surface area (Å²) in [5.41, 5.74) is 1.83. The third-order valence-electron chi connectivity index (χ3n) is 4.29. The van der Waals surface area contributed by atoms with Crippen molar-refractivity contribution >= 4 is 40.5 Å². The third kappa shape index (κ3) is 4.33. The summed E-state index contributed by atoms with van der Waals surface area (Å²) in [6.45, 7) is 0.628. The van der Waals surface area contributed by atoms with Crippen LogP contribution in [0.4, 0.5) is 5.69 Å². The van der Waals surface area contributed by atoms with Crippen LogP contribution in [0.1, 0.15) is 11.6 Å². The van der Waals surface area contributed by atoms with E-state index in [1.807, 2.05) is 33.5 Å². The van der Waals surface area contributed by atoms with E-state index in [0.717, 1.165) is 15.9 Å². The minimum Gasteiger partial charge on any atom is -0.382 e. The van der Waals surface area contributed by atoms with E-state index in [0.29, 0.717) is 17.3 Å².